The second-order valence-corrected chi connectivity index (χ2v) is 6.65. The minimum atomic E-state index is 0.237. The quantitative estimate of drug-likeness (QED) is 0.692. The predicted octanol–water partition coefficient (Wildman–Crippen LogP) is 4.54. The van der Waals surface area contributed by atoms with E-state index in [1.165, 1.54) is 32.1 Å². The van der Waals surface area contributed by atoms with Crippen molar-refractivity contribution < 1.29 is 0 Å². The Morgan fingerprint density at radius 3 is 2.47 bits per heavy atom. The second-order valence-electron chi connectivity index (χ2n) is 6.65. The first-order chi connectivity index (χ1) is 7.94. The highest BCUT2D eigenvalue weighted by Crippen LogP contribution is 2.30. The molecular formula is C16H31N. The number of hydrogen-bond donors (Lipinski definition) is 1. The minimum absolute atomic E-state index is 0.237. The lowest BCUT2D eigenvalue weighted by molar-refractivity contribution is 0.318. The molecule has 2 unspecified atom stereocenters. The van der Waals surface area contributed by atoms with Crippen LogP contribution in [-0.4, -0.2) is 12.1 Å². The van der Waals surface area contributed by atoms with Crippen LogP contribution in [0.1, 0.15) is 66.7 Å². The third-order valence-electron chi connectivity index (χ3n) is 3.99. The molecule has 0 aromatic carbocycles. The average Bonchev–Trinajstić information content (AvgIpc) is 2.29. The average molecular weight is 237 g/mol. The van der Waals surface area contributed by atoms with Gasteiger partial charge in [0.25, 0.3) is 0 Å². The molecule has 1 rings (SSSR count). The van der Waals surface area contributed by atoms with E-state index in [0.29, 0.717) is 0 Å². The largest absolute Gasteiger partial charge is 0.311 e. The monoisotopic (exact) mass is 237 g/mol. The standard InChI is InChI=1S/C16H31N/c1-6-13(2)15(12-17-16(3,4)5)14-10-8-7-9-11-14/h10,13,15,17H,6-9,11-12H2,1-5H3. The fourth-order valence-electron chi connectivity index (χ4n) is 2.60. The molecule has 0 bridgehead atoms. The summed E-state index contributed by atoms with van der Waals surface area (Å²) in [7, 11) is 0. The summed E-state index contributed by atoms with van der Waals surface area (Å²) in [5.74, 6) is 1.55. The predicted molar refractivity (Wildman–Crippen MR) is 77.3 cm³/mol. The third-order valence-corrected chi connectivity index (χ3v) is 3.99. The molecule has 1 N–H and O–H groups in total. The molecule has 1 aliphatic rings. The highest BCUT2D eigenvalue weighted by molar-refractivity contribution is 5.11. The molecule has 0 saturated heterocycles. The molecule has 0 fully saturated rings. The Morgan fingerprint density at radius 1 is 1.29 bits per heavy atom. The molecule has 0 saturated carbocycles. The van der Waals surface area contributed by atoms with Gasteiger partial charge in [-0.25, -0.2) is 0 Å². The zero-order valence-electron chi connectivity index (χ0n) is 12.5. The van der Waals surface area contributed by atoms with Gasteiger partial charge >= 0.3 is 0 Å². The number of hydrogen-bond acceptors (Lipinski definition) is 1. The lowest BCUT2D eigenvalue weighted by atomic mass is 9.80. The fraction of sp³-hybridized carbons (Fsp3) is 0.875. The van der Waals surface area contributed by atoms with Gasteiger partial charge in [-0.1, -0.05) is 31.9 Å². The lowest BCUT2D eigenvalue weighted by Gasteiger charge is -2.31. The van der Waals surface area contributed by atoms with Crippen LogP contribution in [0.2, 0.25) is 0 Å². The van der Waals surface area contributed by atoms with Crippen molar-refractivity contribution in [1.82, 2.24) is 5.32 Å². The van der Waals surface area contributed by atoms with Crippen molar-refractivity contribution >= 4 is 0 Å². The van der Waals surface area contributed by atoms with Gasteiger partial charge in [0, 0.05) is 12.1 Å². The van der Waals surface area contributed by atoms with Crippen molar-refractivity contribution in [3.8, 4) is 0 Å². The molecular weight excluding hydrogens is 206 g/mol. The SMILES string of the molecule is CCC(C)C(CNC(C)(C)C)C1=CCCCC1. The van der Waals surface area contributed by atoms with Crippen molar-refractivity contribution in [3.05, 3.63) is 11.6 Å². The van der Waals surface area contributed by atoms with Crippen molar-refractivity contribution in [2.45, 2.75) is 72.3 Å². The van der Waals surface area contributed by atoms with Crippen LogP contribution in [0.4, 0.5) is 0 Å². The van der Waals surface area contributed by atoms with Crippen LogP contribution in [0.3, 0.4) is 0 Å². The van der Waals surface area contributed by atoms with E-state index in [1.54, 1.807) is 5.57 Å². The molecule has 0 radical (unpaired) electrons. The van der Waals surface area contributed by atoms with E-state index in [1.807, 2.05) is 0 Å². The van der Waals surface area contributed by atoms with Gasteiger partial charge in [0.1, 0.15) is 0 Å². The van der Waals surface area contributed by atoms with Gasteiger partial charge in [-0.3, -0.25) is 0 Å². The van der Waals surface area contributed by atoms with Crippen LogP contribution in [0.5, 0.6) is 0 Å². The van der Waals surface area contributed by atoms with Gasteiger partial charge in [0.2, 0.25) is 0 Å². The van der Waals surface area contributed by atoms with Crippen molar-refractivity contribution in [2.75, 3.05) is 6.54 Å². The van der Waals surface area contributed by atoms with Crippen LogP contribution in [-0.2, 0) is 0 Å². The minimum Gasteiger partial charge on any atom is -0.311 e. The Kier molecular flexibility index (Phi) is 5.72. The van der Waals surface area contributed by atoms with Crippen LogP contribution < -0.4 is 5.32 Å². The van der Waals surface area contributed by atoms with E-state index in [0.717, 1.165) is 18.4 Å². The summed E-state index contributed by atoms with van der Waals surface area (Å²) >= 11 is 0. The van der Waals surface area contributed by atoms with Gasteiger partial charge in [0.05, 0.1) is 0 Å². The van der Waals surface area contributed by atoms with E-state index < -0.39 is 0 Å². The van der Waals surface area contributed by atoms with E-state index in [-0.39, 0.29) is 5.54 Å². The van der Waals surface area contributed by atoms with Crippen molar-refractivity contribution in [2.24, 2.45) is 11.8 Å². The molecule has 1 aliphatic carbocycles. The molecule has 2 atom stereocenters. The van der Waals surface area contributed by atoms with E-state index in [9.17, 15) is 0 Å². The summed E-state index contributed by atoms with van der Waals surface area (Å²) < 4.78 is 0. The molecule has 100 valence electrons. The highest BCUT2D eigenvalue weighted by atomic mass is 14.9. The normalized spacial score (nSPS) is 20.9. The zero-order valence-corrected chi connectivity index (χ0v) is 12.5. The van der Waals surface area contributed by atoms with Gasteiger partial charge < -0.3 is 5.32 Å². The van der Waals surface area contributed by atoms with Gasteiger partial charge in [0.15, 0.2) is 0 Å². The number of nitrogens with one attached hydrogen (secondary N) is 1. The van der Waals surface area contributed by atoms with Gasteiger partial charge in [-0.05, 0) is 58.3 Å². The number of allylic oxidation sites excluding steroid dienone is 1. The summed E-state index contributed by atoms with van der Waals surface area (Å²) in [5.41, 5.74) is 1.96. The first-order valence-electron chi connectivity index (χ1n) is 7.38. The summed E-state index contributed by atoms with van der Waals surface area (Å²) in [6, 6.07) is 0. The maximum absolute atomic E-state index is 3.69. The van der Waals surface area contributed by atoms with Gasteiger partial charge in [-0.2, -0.15) is 0 Å². The highest BCUT2D eigenvalue weighted by Gasteiger charge is 2.23. The van der Waals surface area contributed by atoms with Crippen molar-refractivity contribution in [1.29, 1.82) is 0 Å². The first-order valence-corrected chi connectivity index (χ1v) is 7.38. The maximum atomic E-state index is 3.69. The Morgan fingerprint density at radius 2 is 2.00 bits per heavy atom. The molecule has 0 amide bonds. The molecule has 0 aromatic heterocycles. The molecule has 0 aliphatic heterocycles. The molecule has 1 heteroatoms. The zero-order chi connectivity index (χ0) is 12.9. The summed E-state index contributed by atoms with van der Waals surface area (Å²) in [5, 5.41) is 3.69. The Hall–Kier alpha value is -0.300. The fourth-order valence-corrected chi connectivity index (χ4v) is 2.60. The maximum Gasteiger partial charge on any atom is 0.00967 e. The molecule has 0 aromatic rings. The Labute approximate surface area is 108 Å². The lowest BCUT2D eigenvalue weighted by Crippen LogP contribution is -2.41. The van der Waals surface area contributed by atoms with Crippen molar-refractivity contribution in [3.63, 3.8) is 0 Å². The topological polar surface area (TPSA) is 12.0 Å². The first kappa shape index (κ1) is 14.8. The smallest absolute Gasteiger partial charge is 0.00967 e. The van der Waals surface area contributed by atoms with E-state index in [4.69, 9.17) is 0 Å². The van der Waals surface area contributed by atoms with Gasteiger partial charge in [-0.15, -0.1) is 0 Å². The number of rotatable bonds is 5. The summed E-state index contributed by atoms with van der Waals surface area (Å²) in [6.07, 6.45) is 9.23. The summed E-state index contributed by atoms with van der Waals surface area (Å²) in [6.45, 7) is 12.6. The molecule has 0 spiro atoms. The van der Waals surface area contributed by atoms with E-state index >= 15 is 0 Å². The third kappa shape index (κ3) is 5.25. The Bertz CT molecular complexity index is 247. The van der Waals surface area contributed by atoms with Crippen LogP contribution in [0.25, 0.3) is 0 Å². The molecule has 17 heavy (non-hydrogen) atoms. The van der Waals surface area contributed by atoms with Crippen LogP contribution >= 0.6 is 0 Å². The van der Waals surface area contributed by atoms with Crippen LogP contribution in [0.15, 0.2) is 11.6 Å². The second kappa shape index (κ2) is 6.58. The van der Waals surface area contributed by atoms with E-state index in [2.05, 4.69) is 46.0 Å². The molecule has 0 heterocycles. The Balaban J connectivity index is 2.63. The van der Waals surface area contributed by atoms with Crippen LogP contribution in [0, 0.1) is 11.8 Å². The molecule has 1 nitrogen and oxygen atoms in total. The summed E-state index contributed by atoms with van der Waals surface area (Å²) in [4.78, 5) is 0.